The molecular weight excluding hydrogens is 406 g/mol. The van der Waals surface area contributed by atoms with Crippen molar-refractivity contribution in [3.05, 3.63) is 90.9 Å². The summed E-state index contributed by atoms with van der Waals surface area (Å²) in [5, 5.41) is 4.24. The van der Waals surface area contributed by atoms with Crippen LogP contribution in [0.25, 0.3) is 44.5 Å². The van der Waals surface area contributed by atoms with Crippen molar-refractivity contribution < 1.29 is 10.4 Å². The van der Waals surface area contributed by atoms with Crippen LogP contribution in [0.4, 0.5) is 0 Å². The van der Waals surface area contributed by atoms with E-state index >= 15 is 0 Å². The minimum Gasteiger partial charge on any atom is -0.349 e. The molecule has 5 heteroatoms. The number of aryl methyl sites for hydroxylation is 1. The number of benzene rings is 2. The molecule has 6 rings (SSSR count). The first-order valence-corrected chi connectivity index (χ1v) is 11.5. The lowest BCUT2D eigenvalue weighted by atomic mass is 9.72. The highest BCUT2D eigenvalue weighted by Crippen LogP contribution is 2.39. The molecule has 1 fully saturated rings. The van der Waals surface area contributed by atoms with Crippen LogP contribution in [0.15, 0.2) is 85.3 Å². The van der Waals surface area contributed by atoms with Gasteiger partial charge in [0.15, 0.2) is 7.05 Å². The van der Waals surface area contributed by atoms with Crippen molar-refractivity contribution in [2.45, 2.75) is 24.8 Å². The third kappa shape index (κ3) is 3.51. The van der Waals surface area contributed by atoms with E-state index in [4.69, 9.17) is 4.98 Å². The van der Waals surface area contributed by atoms with Crippen LogP contribution in [0.3, 0.4) is 0 Å². The SMILES string of the molecule is C[n+]1cc(-c2cc3cc(-c4ccccc4)c(-c4ccc(C5([NH3+])CCC5)cc4)nc3cn2)c[nH]1. The molecule has 1 aliphatic rings. The molecule has 3 heterocycles. The molecule has 0 aliphatic heterocycles. The van der Waals surface area contributed by atoms with Crippen molar-refractivity contribution in [3.63, 3.8) is 0 Å². The molecule has 4 N–H and O–H groups in total. The fraction of sp³-hybridized carbons (Fsp3) is 0.179. The van der Waals surface area contributed by atoms with Crippen molar-refractivity contribution in [2.24, 2.45) is 7.05 Å². The summed E-state index contributed by atoms with van der Waals surface area (Å²) >= 11 is 0. The van der Waals surface area contributed by atoms with Crippen molar-refractivity contribution in [1.29, 1.82) is 0 Å². The number of nitrogens with one attached hydrogen (secondary N) is 1. The zero-order valence-corrected chi connectivity index (χ0v) is 18.8. The van der Waals surface area contributed by atoms with Crippen LogP contribution in [0.1, 0.15) is 24.8 Å². The van der Waals surface area contributed by atoms with Crippen molar-refractivity contribution >= 4 is 10.9 Å². The summed E-state index contributed by atoms with van der Waals surface area (Å²) < 4.78 is 1.92. The Hall–Kier alpha value is -3.83. The first-order chi connectivity index (χ1) is 16.1. The molecule has 1 aliphatic carbocycles. The highest BCUT2D eigenvalue weighted by atomic mass is 15.2. The number of rotatable bonds is 4. The zero-order valence-electron chi connectivity index (χ0n) is 18.8. The topological polar surface area (TPSA) is 73.1 Å². The van der Waals surface area contributed by atoms with Crippen LogP contribution in [-0.4, -0.2) is 15.1 Å². The number of H-pyrrole nitrogens is 1. The van der Waals surface area contributed by atoms with E-state index in [0.717, 1.165) is 44.5 Å². The number of aromatic nitrogens is 4. The molecule has 0 atom stereocenters. The Labute approximate surface area is 192 Å². The number of pyridine rings is 2. The standard InChI is InChI=1S/C28H25N5/c1-33-18-22(16-31-33)25-15-21-14-24(19-6-3-2-4-7-19)27(32-26(21)17-30-25)20-8-10-23(11-9-20)28(29)12-5-13-28/h2-4,6-11,14-18H,5,12-13,29H2,1H3/p+2. The summed E-state index contributed by atoms with van der Waals surface area (Å²) in [4.78, 5) is 9.79. The molecule has 5 aromatic rings. The van der Waals surface area contributed by atoms with E-state index in [-0.39, 0.29) is 5.54 Å². The number of hydrogen-bond acceptors (Lipinski definition) is 2. The number of fused-ring (bicyclic) bond motifs is 1. The normalized spacial score (nSPS) is 14.8. The van der Waals surface area contributed by atoms with Gasteiger partial charge in [-0.3, -0.25) is 4.98 Å². The number of nitrogens with zero attached hydrogens (tertiary/aromatic N) is 3. The smallest absolute Gasteiger partial charge is 0.204 e. The summed E-state index contributed by atoms with van der Waals surface area (Å²) in [6.45, 7) is 0. The van der Waals surface area contributed by atoms with Crippen LogP contribution in [-0.2, 0) is 12.6 Å². The van der Waals surface area contributed by atoms with Gasteiger partial charge in [0.1, 0.15) is 5.54 Å². The van der Waals surface area contributed by atoms with Crippen LogP contribution in [0.5, 0.6) is 0 Å². The lowest BCUT2D eigenvalue weighted by molar-refractivity contribution is -0.726. The lowest BCUT2D eigenvalue weighted by Gasteiger charge is -2.34. The molecule has 1 saturated carbocycles. The summed E-state index contributed by atoms with van der Waals surface area (Å²) in [6.07, 6.45) is 9.49. The maximum Gasteiger partial charge on any atom is 0.204 e. The fourth-order valence-corrected chi connectivity index (χ4v) is 4.76. The largest absolute Gasteiger partial charge is 0.349 e. The highest BCUT2D eigenvalue weighted by Gasteiger charge is 2.38. The lowest BCUT2D eigenvalue weighted by Crippen LogP contribution is -2.73. The maximum absolute atomic E-state index is 5.10. The Kier molecular flexibility index (Phi) is 4.59. The molecule has 162 valence electrons. The second-order valence-corrected chi connectivity index (χ2v) is 9.19. The summed E-state index contributed by atoms with van der Waals surface area (Å²) in [6, 6.07) is 23.7. The van der Waals surface area contributed by atoms with Gasteiger partial charge in [-0.05, 0) is 24.1 Å². The van der Waals surface area contributed by atoms with Gasteiger partial charge < -0.3 is 5.73 Å². The van der Waals surface area contributed by atoms with E-state index in [2.05, 4.69) is 76.5 Å². The van der Waals surface area contributed by atoms with Gasteiger partial charge in [-0.2, -0.15) is 5.10 Å². The number of hydrogen-bond donors (Lipinski definition) is 2. The molecule has 0 unspecified atom stereocenters. The van der Waals surface area contributed by atoms with Gasteiger partial charge in [0, 0.05) is 34.9 Å². The average Bonchev–Trinajstić information content (AvgIpc) is 3.28. The molecule has 5 nitrogen and oxygen atoms in total. The van der Waals surface area contributed by atoms with Crippen LogP contribution in [0.2, 0.25) is 0 Å². The van der Waals surface area contributed by atoms with Crippen molar-refractivity contribution in [3.8, 4) is 33.6 Å². The van der Waals surface area contributed by atoms with E-state index in [1.165, 1.54) is 24.8 Å². The van der Waals surface area contributed by atoms with E-state index in [1.807, 2.05) is 36.4 Å². The molecule has 33 heavy (non-hydrogen) atoms. The van der Waals surface area contributed by atoms with Gasteiger partial charge in [0.05, 0.1) is 34.9 Å². The monoisotopic (exact) mass is 433 g/mol. The predicted molar refractivity (Wildman–Crippen MR) is 130 cm³/mol. The molecular formula is C28H27N5+2. The van der Waals surface area contributed by atoms with Crippen LogP contribution < -0.4 is 10.4 Å². The minimum absolute atomic E-state index is 0.0901. The zero-order chi connectivity index (χ0) is 22.4. The highest BCUT2D eigenvalue weighted by molar-refractivity contribution is 5.92. The average molecular weight is 434 g/mol. The van der Waals surface area contributed by atoms with Gasteiger partial charge in [0.2, 0.25) is 6.20 Å². The first kappa shape index (κ1) is 19.8. The fourth-order valence-electron chi connectivity index (χ4n) is 4.76. The third-order valence-electron chi connectivity index (χ3n) is 6.92. The van der Waals surface area contributed by atoms with E-state index in [1.54, 1.807) is 0 Å². The Balaban J connectivity index is 1.50. The Morgan fingerprint density at radius 2 is 1.73 bits per heavy atom. The Morgan fingerprint density at radius 3 is 2.39 bits per heavy atom. The second-order valence-electron chi connectivity index (χ2n) is 9.19. The minimum atomic E-state index is 0.0901. The summed E-state index contributed by atoms with van der Waals surface area (Å²) in [7, 11) is 1.97. The molecule has 0 amide bonds. The maximum atomic E-state index is 5.10. The quantitative estimate of drug-likeness (QED) is 0.412. The summed E-state index contributed by atoms with van der Waals surface area (Å²) in [5.74, 6) is 0. The molecule has 0 spiro atoms. The van der Waals surface area contributed by atoms with Gasteiger partial charge >= 0.3 is 0 Å². The first-order valence-electron chi connectivity index (χ1n) is 11.5. The van der Waals surface area contributed by atoms with Gasteiger partial charge in [-0.25, -0.2) is 4.98 Å². The van der Waals surface area contributed by atoms with E-state index in [0.29, 0.717) is 0 Å². The number of aromatic amines is 1. The van der Waals surface area contributed by atoms with Gasteiger partial charge in [0.25, 0.3) is 0 Å². The molecule has 2 aromatic carbocycles. The van der Waals surface area contributed by atoms with E-state index in [9.17, 15) is 0 Å². The molecule has 0 bridgehead atoms. The molecule has 3 aromatic heterocycles. The molecule has 0 radical (unpaired) electrons. The van der Waals surface area contributed by atoms with Crippen LogP contribution >= 0.6 is 0 Å². The van der Waals surface area contributed by atoms with Crippen LogP contribution in [0, 0.1) is 0 Å². The predicted octanol–water partition coefficient (Wildman–Crippen LogP) is 4.40. The van der Waals surface area contributed by atoms with E-state index < -0.39 is 0 Å². The van der Waals surface area contributed by atoms with Crippen molar-refractivity contribution in [2.75, 3.05) is 0 Å². The third-order valence-corrected chi connectivity index (χ3v) is 6.92. The van der Waals surface area contributed by atoms with Gasteiger partial charge in [-0.15, -0.1) is 4.68 Å². The second kappa shape index (κ2) is 7.64. The summed E-state index contributed by atoms with van der Waals surface area (Å²) in [5.41, 5.74) is 13.1. The Morgan fingerprint density at radius 1 is 0.939 bits per heavy atom. The van der Waals surface area contributed by atoms with Crippen molar-refractivity contribution in [1.82, 2.24) is 15.1 Å². The van der Waals surface area contributed by atoms with Gasteiger partial charge in [-0.1, -0.05) is 54.6 Å². The number of quaternary nitrogens is 1. The molecule has 0 saturated heterocycles. The Bertz CT molecular complexity index is 1450.